The lowest BCUT2D eigenvalue weighted by Gasteiger charge is -2.32. The van der Waals surface area contributed by atoms with Crippen molar-refractivity contribution < 1.29 is 4.74 Å². The Hall–Kier alpha value is -1.69. The predicted octanol–water partition coefficient (Wildman–Crippen LogP) is 1.03. The number of hydrogen-bond acceptors (Lipinski definition) is 4. The van der Waals surface area contributed by atoms with Gasteiger partial charge in [-0.3, -0.25) is 4.90 Å². The van der Waals surface area contributed by atoms with E-state index in [4.69, 9.17) is 10.5 Å². The Morgan fingerprint density at radius 1 is 1.30 bits per heavy atom. The molecule has 20 heavy (non-hydrogen) atoms. The Kier molecular flexibility index (Phi) is 4.11. The monoisotopic (exact) mass is 272 g/mol. The lowest BCUT2D eigenvalue weighted by molar-refractivity contribution is -0.0269. The first-order valence-electron chi connectivity index (χ1n) is 6.98. The predicted molar refractivity (Wildman–Crippen MR) is 77.6 cm³/mol. The van der Waals surface area contributed by atoms with Crippen molar-refractivity contribution in [2.24, 2.45) is 5.73 Å². The van der Waals surface area contributed by atoms with Crippen molar-refractivity contribution in [2.75, 3.05) is 26.2 Å². The molecule has 0 aliphatic carbocycles. The van der Waals surface area contributed by atoms with Gasteiger partial charge >= 0.3 is 0 Å². The van der Waals surface area contributed by atoms with E-state index < -0.39 is 0 Å². The van der Waals surface area contributed by atoms with Crippen molar-refractivity contribution in [3.8, 4) is 5.69 Å². The van der Waals surface area contributed by atoms with Gasteiger partial charge in [-0.2, -0.15) is 0 Å². The molecule has 0 spiro atoms. The normalized spacial score (nSPS) is 20.1. The Morgan fingerprint density at radius 3 is 2.95 bits per heavy atom. The lowest BCUT2D eigenvalue weighted by atomic mass is 10.2. The van der Waals surface area contributed by atoms with Crippen LogP contribution in [0, 0.1) is 0 Å². The summed E-state index contributed by atoms with van der Waals surface area (Å²) in [5, 5.41) is 0. The van der Waals surface area contributed by atoms with Gasteiger partial charge in [0.05, 0.1) is 19.3 Å². The molecule has 1 aromatic heterocycles. The van der Waals surface area contributed by atoms with E-state index in [2.05, 4.69) is 26.6 Å². The van der Waals surface area contributed by atoms with Gasteiger partial charge in [0.25, 0.3) is 0 Å². The maximum absolute atomic E-state index is 5.69. The number of ether oxygens (including phenoxy) is 1. The standard InChI is InChI=1S/C15H20N4O/c16-10-14-11-18(8-9-20-14)12-15-17-6-7-19(15)13-4-2-1-3-5-13/h1-7,14H,8-12,16H2. The zero-order chi connectivity index (χ0) is 13.8. The molecule has 1 aliphatic heterocycles. The molecule has 1 fully saturated rings. The molecule has 1 atom stereocenters. The first kappa shape index (κ1) is 13.3. The van der Waals surface area contributed by atoms with Crippen molar-refractivity contribution in [1.82, 2.24) is 14.5 Å². The van der Waals surface area contributed by atoms with E-state index in [9.17, 15) is 0 Å². The topological polar surface area (TPSA) is 56.3 Å². The highest BCUT2D eigenvalue weighted by Gasteiger charge is 2.20. The maximum atomic E-state index is 5.69. The molecule has 0 radical (unpaired) electrons. The van der Waals surface area contributed by atoms with Crippen LogP contribution >= 0.6 is 0 Å². The Bertz CT molecular complexity index is 540. The Balaban J connectivity index is 1.74. The summed E-state index contributed by atoms with van der Waals surface area (Å²) in [6, 6.07) is 10.3. The number of para-hydroxylation sites is 1. The molecule has 2 heterocycles. The van der Waals surface area contributed by atoms with Crippen LogP contribution in [-0.2, 0) is 11.3 Å². The van der Waals surface area contributed by atoms with Gasteiger partial charge < -0.3 is 15.0 Å². The molecular formula is C15H20N4O. The molecule has 1 aromatic carbocycles. The molecule has 5 nitrogen and oxygen atoms in total. The summed E-state index contributed by atoms with van der Waals surface area (Å²) in [6.45, 7) is 3.94. The summed E-state index contributed by atoms with van der Waals surface area (Å²) >= 11 is 0. The molecule has 3 rings (SSSR count). The highest BCUT2D eigenvalue weighted by atomic mass is 16.5. The van der Waals surface area contributed by atoms with Crippen LogP contribution in [0.15, 0.2) is 42.7 Å². The number of hydrogen-bond donors (Lipinski definition) is 1. The third-order valence-corrected chi connectivity index (χ3v) is 3.60. The minimum Gasteiger partial charge on any atom is -0.374 e. The fourth-order valence-electron chi connectivity index (χ4n) is 2.54. The summed E-state index contributed by atoms with van der Waals surface area (Å²) in [7, 11) is 0. The summed E-state index contributed by atoms with van der Waals surface area (Å²) in [5.41, 5.74) is 6.83. The second-order valence-corrected chi connectivity index (χ2v) is 5.01. The van der Waals surface area contributed by atoms with E-state index in [1.54, 1.807) is 0 Å². The SMILES string of the molecule is NCC1CN(Cc2nccn2-c2ccccc2)CCO1. The summed E-state index contributed by atoms with van der Waals surface area (Å²) < 4.78 is 7.73. The molecule has 106 valence electrons. The number of benzene rings is 1. The Morgan fingerprint density at radius 2 is 2.15 bits per heavy atom. The molecule has 5 heteroatoms. The third kappa shape index (κ3) is 2.90. The molecule has 1 saturated heterocycles. The molecule has 0 saturated carbocycles. The number of morpholine rings is 1. The fourth-order valence-corrected chi connectivity index (χ4v) is 2.54. The number of rotatable bonds is 4. The minimum atomic E-state index is 0.142. The molecule has 2 aromatic rings. The summed E-state index contributed by atoms with van der Waals surface area (Å²) in [6.07, 6.45) is 4.00. The van der Waals surface area contributed by atoms with Crippen LogP contribution in [0.2, 0.25) is 0 Å². The van der Waals surface area contributed by atoms with Crippen LogP contribution in [0.3, 0.4) is 0 Å². The van der Waals surface area contributed by atoms with Crippen molar-refractivity contribution in [3.63, 3.8) is 0 Å². The van der Waals surface area contributed by atoms with Crippen LogP contribution < -0.4 is 5.73 Å². The highest BCUT2D eigenvalue weighted by Crippen LogP contribution is 2.13. The average molecular weight is 272 g/mol. The molecule has 1 aliphatic rings. The van der Waals surface area contributed by atoms with Gasteiger partial charge in [0.1, 0.15) is 5.82 Å². The number of imidazole rings is 1. The lowest BCUT2D eigenvalue weighted by Crippen LogP contribution is -2.45. The largest absolute Gasteiger partial charge is 0.374 e. The van der Waals surface area contributed by atoms with Gasteiger partial charge in [-0.1, -0.05) is 18.2 Å². The Labute approximate surface area is 119 Å². The first-order valence-corrected chi connectivity index (χ1v) is 6.98. The fraction of sp³-hybridized carbons (Fsp3) is 0.400. The van der Waals surface area contributed by atoms with E-state index in [1.807, 2.05) is 30.6 Å². The van der Waals surface area contributed by atoms with E-state index in [1.165, 1.54) is 0 Å². The van der Waals surface area contributed by atoms with Crippen LogP contribution in [0.4, 0.5) is 0 Å². The van der Waals surface area contributed by atoms with Crippen LogP contribution in [0.25, 0.3) is 5.69 Å². The van der Waals surface area contributed by atoms with Gasteiger partial charge in [-0.15, -0.1) is 0 Å². The quantitative estimate of drug-likeness (QED) is 0.903. The van der Waals surface area contributed by atoms with Gasteiger partial charge in [-0.05, 0) is 12.1 Å². The smallest absolute Gasteiger partial charge is 0.127 e. The van der Waals surface area contributed by atoms with Crippen LogP contribution in [0.1, 0.15) is 5.82 Å². The van der Waals surface area contributed by atoms with Crippen molar-refractivity contribution in [1.29, 1.82) is 0 Å². The number of aromatic nitrogens is 2. The average Bonchev–Trinajstić information content (AvgIpc) is 2.96. The maximum Gasteiger partial charge on any atom is 0.127 e. The van der Waals surface area contributed by atoms with E-state index in [0.717, 1.165) is 37.8 Å². The third-order valence-electron chi connectivity index (χ3n) is 3.60. The van der Waals surface area contributed by atoms with Crippen molar-refractivity contribution in [2.45, 2.75) is 12.6 Å². The molecule has 1 unspecified atom stereocenters. The molecule has 2 N–H and O–H groups in total. The minimum absolute atomic E-state index is 0.142. The van der Waals surface area contributed by atoms with Crippen LogP contribution in [-0.4, -0.2) is 46.8 Å². The number of nitrogens with two attached hydrogens (primary N) is 1. The molecule has 0 amide bonds. The van der Waals surface area contributed by atoms with Gasteiger partial charge in [-0.25, -0.2) is 4.98 Å². The zero-order valence-corrected chi connectivity index (χ0v) is 11.5. The van der Waals surface area contributed by atoms with E-state index in [-0.39, 0.29) is 6.10 Å². The van der Waals surface area contributed by atoms with Crippen molar-refractivity contribution >= 4 is 0 Å². The van der Waals surface area contributed by atoms with Crippen molar-refractivity contribution in [3.05, 3.63) is 48.5 Å². The summed E-state index contributed by atoms with van der Waals surface area (Å²) in [4.78, 5) is 6.84. The van der Waals surface area contributed by atoms with Gasteiger partial charge in [0.2, 0.25) is 0 Å². The van der Waals surface area contributed by atoms with Gasteiger partial charge in [0.15, 0.2) is 0 Å². The summed E-state index contributed by atoms with van der Waals surface area (Å²) in [5.74, 6) is 1.05. The molecule has 0 bridgehead atoms. The molecular weight excluding hydrogens is 252 g/mol. The second-order valence-electron chi connectivity index (χ2n) is 5.01. The highest BCUT2D eigenvalue weighted by molar-refractivity contribution is 5.32. The van der Waals surface area contributed by atoms with E-state index >= 15 is 0 Å². The van der Waals surface area contributed by atoms with Crippen LogP contribution in [0.5, 0.6) is 0 Å². The van der Waals surface area contributed by atoms with Gasteiger partial charge in [0, 0.05) is 37.7 Å². The second kappa shape index (κ2) is 6.17. The van der Waals surface area contributed by atoms with E-state index in [0.29, 0.717) is 6.54 Å². The number of nitrogens with zero attached hydrogens (tertiary/aromatic N) is 3. The first-order chi connectivity index (χ1) is 9.86. The zero-order valence-electron chi connectivity index (χ0n) is 11.5.